The lowest BCUT2D eigenvalue weighted by atomic mass is 9.67. The second kappa shape index (κ2) is 11.7. The summed E-state index contributed by atoms with van der Waals surface area (Å²) >= 11 is -2.33. The number of amides is 1. The van der Waals surface area contributed by atoms with Gasteiger partial charge in [-0.05, 0) is 37.0 Å². The van der Waals surface area contributed by atoms with E-state index in [0.717, 1.165) is 25.7 Å². The lowest BCUT2D eigenvalue weighted by Crippen LogP contribution is -2.39. The summed E-state index contributed by atoms with van der Waals surface area (Å²) in [4.78, 5) is 16.0. The van der Waals surface area contributed by atoms with Gasteiger partial charge in [0.1, 0.15) is 11.3 Å². The minimum absolute atomic E-state index is 0.147. The number of hydrogen-bond acceptors (Lipinski definition) is 8. The van der Waals surface area contributed by atoms with Crippen LogP contribution >= 0.6 is 60.7 Å². The van der Waals surface area contributed by atoms with Gasteiger partial charge in [-0.25, -0.2) is 0 Å². The van der Waals surface area contributed by atoms with Crippen molar-refractivity contribution in [1.82, 2.24) is 5.32 Å². The van der Waals surface area contributed by atoms with Crippen molar-refractivity contribution in [3.8, 4) is 0 Å². The predicted molar refractivity (Wildman–Crippen MR) is 130 cm³/mol. The van der Waals surface area contributed by atoms with Gasteiger partial charge in [-0.1, -0.05) is 25.9 Å². The van der Waals surface area contributed by atoms with Crippen molar-refractivity contribution in [2.75, 3.05) is 0 Å². The predicted octanol–water partition coefficient (Wildman–Crippen LogP) is 8.94. The van der Waals surface area contributed by atoms with Crippen LogP contribution < -0.4 is 5.32 Å². The van der Waals surface area contributed by atoms with Gasteiger partial charge in [-0.2, -0.15) is 19.4 Å². The average molecular weight is 579 g/mol. The first-order chi connectivity index (χ1) is 16.1. The van der Waals surface area contributed by atoms with E-state index in [4.69, 9.17) is 4.84 Å². The molecule has 3 rings (SSSR count). The van der Waals surface area contributed by atoms with Gasteiger partial charge >= 0.3 is 0 Å². The molecule has 2 aliphatic rings. The number of carbonyl (C=O) groups is 1. The Hall–Kier alpha value is -0.440. The van der Waals surface area contributed by atoms with Crippen LogP contribution in [0.4, 0.5) is 19.4 Å². The molecule has 1 N–H and O–H groups in total. The van der Waals surface area contributed by atoms with Crippen LogP contribution in [0.2, 0.25) is 0 Å². The van der Waals surface area contributed by atoms with E-state index in [1.807, 2.05) is 0 Å². The molecule has 1 fully saturated rings. The van der Waals surface area contributed by atoms with Gasteiger partial charge in [0.25, 0.3) is 5.91 Å². The smallest absolute Gasteiger partial charge is 0.269 e. The zero-order valence-corrected chi connectivity index (χ0v) is 22.6. The molecule has 1 amide bonds. The number of carbonyl (C=O) groups excluding carboxylic acids is 1. The molecule has 0 bridgehead atoms. The molecule has 4 nitrogen and oxygen atoms in total. The van der Waals surface area contributed by atoms with Gasteiger partial charge in [0.15, 0.2) is 0 Å². The summed E-state index contributed by atoms with van der Waals surface area (Å²) in [5.41, 5.74) is -0.395. The molecule has 1 aromatic carbocycles. The molecule has 14 heteroatoms. The van der Waals surface area contributed by atoms with Crippen molar-refractivity contribution in [2.45, 2.75) is 89.5 Å². The zero-order chi connectivity index (χ0) is 25.1. The molecular formula is C20H23F5N2O2S5. The van der Waals surface area contributed by atoms with E-state index in [-0.39, 0.29) is 16.7 Å². The maximum Gasteiger partial charge on any atom is 0.269 e. The van der Waals surface area contributed by atoms with E-state index < -0.39 is 103 Å². The largest absolute Gasteiger partial charge is 0.388 e. The summed E-state index contributed by atoms with van der Waals surface area (Å²) in [6, 6.07) is 0. The van der Waals surface area contributed by atoms with Crippen LogP contribution in [-0.2, 0) is 16.2 Å². The van der Waals surface area contributed by atoms with Gasteiger partial charge in [0.2, 0.25) is 0 Å². The summed E-state index contributed by atoms with van der Waals surface area (Å²) in [6.45, 7) is 6.17. The molecule has 0 unspecified atom stereocenters. The highest BCUT2D eigenvalue weighted by Crippen LogP contribution is 2.52. The van der Waals surface area contributed by atoms with Crippen LogP contribution in [0.15, 0.2) is 29.6 Å². The number of hydrogen-bond donors (Lipinski definition) is 1. The summed E-state index contributed by atoms with van der Waals surface area (Å²) < 4.78 is 67.8. The Kier molecular flexibility index (Phi) is 9.71. The standard InChI is InChI=1S/C20H23F5N2O2S5/c1-19(2,3)10-4-6-20(7-5-10)8-12(27-29-20)18(28)26-9-11-13(30-21)15(32-23)17(34-25)16(33-24)14(11)31-22/h10H,4-9H2,1-3H3,(H,26,28). The minimum Gasteiger partial charge on any atom is -0.388 e. The maximum absolute atomic E-state index is 13.7. The first-order valence-electron chi connectivity index (χ1n) is 10.3. The van der Waals surface area contributed by atoms with Crippen LogP contribution in [0.1, 0.15) is 58.4 Å². The summed E-state index contributed by atoms with van der Waals surface area (Å²) in [6.07, 6.45) is 3.73. The van der Waals surface area contributed by atoms with Gasteiger partial charge in [-0.3, -0.25) is 4.79 Å². The second-order valence-electron chi connectivity index (χ2n) is 9.32. The van der Waals surface area contributed by atoms with Crippen LogP contribution in [0.3, 0.4) is 0 Å². The number of rotatable bonds is 8. The molecule has 0 aromatic heterocycles. The van der Waals surface area contributed by atoms with Crippen molar-refractivity contribution in [1.29, 1.82) is 0 Å². The van der Waals surface area contributed by atoms with E-state index in [9.17, 15) is 24.2 Å². The Morgan fingerprint density at radius 2 is 1.41 bits per heavy atom. The number of nitrogens with zero attached hydrogens (tertiary/aromatic N) is 1. The van der Waals surface area contributed by atoms with Crippen molar-refractivity contribution in [2.24, 2.45) is 16.5 Å². The summed E-state index contributed by atoms with van der Waals surface area (Å²) in [5.74, 6) is -0.0595. The summed E-state index contributed by atoms with van der Waals surface area (Å²) in [7, 11) is 0. The quantitative estimate of drug-likeness (QED) is 0.309. The van der Waals surface area contributed by atoms with Crippen molar-refractivity contribution in [3.05, 3.63) is 5.56 Å². The van der Waals surface area contributed by atoms with Crippen molar-refractivity contribution >= 4 is 72.4 Å². The molecule has 34 heavy (non-hydrogen) atoms. The molecule has 1 aromatic rings. The topological polar surface area (TPSA) is 50.7 Å². The molecule has 1 aliphatic carbocycles. The molecule has 0 atom stereocenters. The Balaban J connectivity index is 1.74. The second-order valence-corrected chi connectivity index (χ2v) is 12.1. The van der Waals surface area contributed by atoms with Crippen LogP contribution in [0, 0.1) is 11.3 Å². The normalized spacial score (nSPS) is 22.6. The SMILES string of the molecule is CC(C)(C)C1CCC2(CC1)CC(C(=O)NCc1c(SF)c(SF)c(SF)c(SF)c1SF)=NO2. The molecule has 1 aliphatic heterocycles. The Bertz CT molecular complexity index is 919. The first kappa shape index (κ1) is 28.1. The van der Waals surface area contributed by atoms with E-state index in [1.165, 1.54) is 0 Å². The molecule has 1 heterocycles. The fourth-order valence-electron chi connectivity index (χ4n) is 4.41. The lowest BCUT2D eigenvalue weighted by molar-refractivity contribution is -0.115. The molecule has 1 saturated carbocycles. The van der Waals surface area contributed by atoms with Crippen LogP contribution in [-0.4, -0.2) is 17.2 Å². The first-order valence-corrected chi connectivity index (χ1v) is 13.9. The molecule has 1 spiro atoms. The zero-order valence-electron chi connectivity index (χ0n) is 18.5. The van der Waals surface area contributed by atoms with E-state index in [2.05, 4.69) is 31.2 Å². The van der Waals surface area contributed by atoms with Gasteiger partial charge < -0.3 is 10.2 Å². The van der Waals surface area contributed by atoms with Crippen LogP contribution in [0.5, 0.6) is 0 Å². The average Bonchev–Trinajstić information content (AvgIpc) is 3.23. The van der Waals surface area contributed by atoms with Crippen molar-refractivity contribution < 1.29 is 29.1 Å². The number of benzene rings is 1. The van der Waals surface area contributed by atoms with E-state index in [0.29, 0.717) is 12.3 Å². The maximum atomic E-state index is 13.7. The highest BCUT2D eigenvalue weighted by Gasteiger charge is 2.45. The molecule has 190 valence electrons. The summed E-state index contributed by atoms with van der Waals surface area (Å²) in [5, 5.41) is 6.47. The minimum atomic E-state index is -0.604. The van der Waals surface area contributed by atoms with Gasteiger partial charge in [-0.15, -0.1) is 0 Å². The fraction of sp³-hybridized carbons (Fsp3) is 0.600. The molecule has 0 radical (unpaired) electrons. The lowest BCUT2D eigenvalue weighted by Gasteiger charge is -2.40. The Labute approximate surface area is 217 Å². The number of nitrogens with one attached hydrogen (secondary N) is 1. The Morgan fingerprint density at radius 1 is 0.941 bits per heavy atom. The highest BCUT2D eigenvalue weighted by atomic mass is 32.2. The van der Waals surface area contributed by atoms with Crippen molar-refractivity contribution in [3.63, 3.8) is 0 Å². The third-order valence-corrected chi connectivity index (χ3v) is 9.82. The third-order valence-electron chi connectivity index (χ3n) is 6.41. The number of oxime groups is 1. The van der Waals surface area contributed by atoms with E-state index >= 15 is 0 Å². The van der Waals surface area contributed by atoms with Gasteiger partial charge in [0, 0.05) is 18.5 Å². The monoisotopic (exact) mass is 578 g/mol. The van der Waals surface area contributed by atoms with Crippen LogP contribution in [0.25, 0.3) is 0 Å². The van der Waals surface area contributed by atoms with E-state index in [1.54, 1.807) is 0 Å². The third kappa shape index (κ3) is 5.76. The molecule has 0 saturated heterocycles. The Morgan fingerprint density at radius 3 is 1.85 bits per heavy atom. The van der Waals surface area contributed by atoms with Gasteiger partial charge in [0.05, 0.1) is 85.2 Å². The highest BCUT2D eigenvalue weighted by molar-refractivity contribution is 8.00. The number of halogens is 5. The fourth-order valence-corrected chi connectivity index (χ4v) is 7.38. The molecular weight excluding hydrogens is 556 g/mol.